The van der Waals surface area contributed by atoms with Crippen LogP contribution in [0.3, 0.4) is 0 Å². The Bertz CT molecular complexity index is 779. The molecule has 1 aromatic heterocycles. The maximum Gasteiger partial charge on any atom is 0.130 e. The van der Waals surface area contributed by atoms with Crippen LogP contribution in [0, 0.1) is 5.92 Å². The number of ether oxygens (including phenoxy) is 1. The molecule has 28 heavy (non-hydrogen) atoms. The number of nitrogens with zero attached hydrogens (tertiary/aromatic N) is 2. The van der Waals surface area contributed by atoms with Gasteiger partial charge in [0, 0.05) is 22.2 Å². The van der Waals surface area contributed by atoms with Crippen molar-refractivity contribution in [3.05, 3.63) is 45.7 Å². The standard InChI is InChI=1S/C23H33BrN2O2/c1-6-18(7-2)15-28-23-11-9-20(24)12-19(23)14-26-22(16(3)4)13-21(25-26)10-8-17(5)27/h9,11-13,16,18H,6-8,10,14-15H2,1-5H3. The van der Waals surface area contributed by atoms with Gasteiger partial charge in [-0.3, -0.25) is 4.68 Å². The lowest BCUT2D eigenvalue weighted by Crippen LogP contribution is -2.13. The van der Waals surface area contributed by atoms with Gasteiger partial charge in [0.1, 0.15) is 11.5 Å². The van der Waals surface area contributed by atoms with Gasteiger partial charge in [-0.25, -0.2) is 0 Å². The molecule has 5 heteroatoms. The van der Waals surface area contributed by atoms with Crippen molar-refractivity contribution >= 4 is 21.7 Å². The smallest absolute Gasteiger partial charge is 0.130 e. The van der Waals surface area contributed by atoms with Crippen molar-refractivity contribution in [3.8, 4) is 5.75 Å². The predicted octanol–water partition coefficient (Wildman–Crippen LogP) is 6.15. The van der Waals surface area contributed by atoms with Crippen LogP contribution in [0.15, 0.2) is 28.7 Å². The summed E-state index contributed by atoms with van der Waals surface area (Å²) in [6.45, 7) is 11.8. The highest BCUT2D eigenvalue weighted by atomic mass is 79.9. The molecule has 0 spiro atoms. The van der Waals surface area contributed by atoms with E-state index in [1.165, 1.54) is 5.69 Å². The molecular weight excluding hydrogens is 416 g/mol. The zero-order valence-corrected chi connectivity index (χ0v) is 19.4. The molecule has 0 N–H and O–H groups in total. The summed E-state index contributed by atoms with van der Waals surface area (Å²) >= 11 is 3.59. The molecule has 0 amide bonds. The zero-order valence-electron chi connectivity index (χ0n) is 17.8. The minimum absolute atomic E-state index is 0.199. The molecule has 0 saturated carbocycles. The minimum atomic E-state index is 0.199. The van der Waals surface area contributed by atoms with Gasteiger partial charge in [-0.05, 0) is 49.4 Å². The van der Waals surface area contributed by atoms with Gasteiger partial charge in [-0.15, -0.1) is 0 Å². The van der Waals surface area contributed by atoms with E-state index < -0.39 is 0 Å². The fourth-order valence-corrected chi connectivity index (χ4v) is 3.62. The van der Waals surface area contributed by atoms with E-state index in [0.29, 0.717) is 31.2 Å². The molecule has 0 aliphatic carbocycles. The first-order valence-corrected chi connectivity index (χ1v) is 11.1. The summed E-state index contributed by atoms with van der Waals surface area (Å²) < 4.78 is 9.28. The van der Waals surface area contributed by atoms with Crippen molar-refractivity contribution in [2.75, 3.05) is 6.61 Å². The van der Waals surface area contributed by atoms with E-state index in [-0.39, 0.29) is 5.78 Å². The molecule has 0 unspecified atom stereocenters. The number of rotatable bonds is 11. The highest BCUT2D eigenvalue weighted by molar-refractivity contribution is 9.10. The molecule has 0 aliphatic rings. The Morgan fingerprint density at radius 2 is 1.93 bits per heavy atom. The highest BCUT2D eigenvalue weighted by Crippen LogP contribution is 2.27. The molecule has 0 bridgehead atoms. The summed E-state index contributed by atoms with van der Waals surface area (Å²) in [5.41, 5.74) is 3.28. The van der Waals surface area contributed by atoms with E-state index in [1.807, 2.05) is 12.1 Å². The Morgan fingerprint density at radius 1 is 1.21 bits per heavy atom. The molecule has 0 fully saturated rings. The van der Waals surface area contributed by atoms with Crippen LogP contribution in [-0.4, -0.2) is 22.2 Å². The van der Waals surface area contributed by atoms with Crippen LogP contribution < -0.4 is 4.74 Å². The zero-order chi connectivity index (χ0) is 20.7. The number of carbonyl (C=O) groups is 1. The van der Waals surface area contributed by atoms with E-state index in [2.05, 4.69) is 60.4 Å². The minimum Gasteiger partial charge on any atom is -0.493 e. The Kier molecular flexibility index (Phi) is 8.74. The molecule has 4 nitrogen and oxygen atoms in total. The molecule has 0 aliphatic heterocycles. The molecule has 1 aromatic carbocycles. The summed E-state index contributed by atoms with van der Waals surface area (Å²) in [4.78, 5) is 11.3. The molecule has 154 valence electrons. The third kappa shape index (κ3) is 6.47. The SMILES string of the molecule is CCC(CC)COc1ccc(Br)cc1Cn1nc(CCC(C)=O)cc1C(C)C. The lowest BCUT2D eigenvalue weighted by molar-refractivity contribution is -0.117. The van der Waals surface area contributed by atoms with Gasteiger partial charge in [0.05, 0.1) is 18.8 Å². The second-order valence-electron chi connectivity index (χ2n) is 7.82. The van der Waals surface area contributed by atoms with Gasteiger partial charge >= 0.3 is 0 Å². The Labute approximate surface area is 177 Å². The van der Waals surface area contributed by atoms with E-state index in [1.54, 1.807) is 6.92 Å². The third-order valence-corrected chi connectivity index (χ3v) is 5.65. The summed E-state index contributed by atoms with van der Waals surface area (Å²) in [5.74, 6) is 2.06. The van der Waals surface area contributed by atoms with E-state index in [9.17, 15) is 4.79 Å². The van der Waals surface area contributed by atoms with E-state index in [4.69, 9.17) is 9.84 Å². The molecule has 0 atom stereocenters. The van der Waals surface area contributed by atoms with Gasteiger partial charge in [0.15, 0.2) is 0 Å². The summed E-state index contributed by atoms with van der Waals surface area (Å²) in [5, 5.41) is 4.79. The van der Waals surface area contributed by atoms with Crippen molar-refractivity contribution in [2.45, 2.75) is 72.8 Å². The van der Waals surface area contributed by atoms with Gasteiger partial charge in [0.25, 0.3) is 0 Å². The second-order valence-corrected chi connectivity index (χ2v) is 8.74. The quantitative estimate of drug-likeness (QED) is 0.413. The molecule has 2 aromatic rings. The number of Topliss-reactive ketones (excluding diaryl/α,β-unsaturated/α-hetero) is 1. The number of halogens is 1. The molecule has 2 rings (SSSR count). The van der Waals surface area contributed by atoms with Gasteiger partial charge in [-0.1, -0.05) is 56.5 Å². The number of hydrogen-bond donors (Lipinski definition) is 0. The Morgan fingerprint density at radius 3 is 2.54 bits per heavy atom. The van der Waals surface area contributed by atoms with Crippen LogP contribution in [0.2, 0.25) is 0 Å². The summed E-state index contributed by atoms with van der Waals surface area (Å²) in [7, 11) is 0. The second kappa shape index (κ2) is 10.8. The predicted molar refractivity (Wildman–Crippen MR) is 118 cm³/mol. The number of hydrogen-bond acceptors (Lipinski definition) is 3. The van der Waals surface area contributed by atoms with Crippen LogP contribution in [0.5, 0.6) is 5.75 Å². The van der Waals surface area contributed by atoms with E-state index in [0.717, 1.165) is 40.9 Å². The molecule has 1 heterocycles. The highest BCUT2D eigenvalue weighted by Gasteiger charge is 2.15. The average Bonchev–Trinajstić information content (AvgIpc) is 3.05. The fourth-order valence-electron chi connectivity index (χ4n) is 3.21. The number of benzene rings is 1. The van der Waals surface area contributed by atoms with Crippen LogP contribution in [0.25, 0.3) is 0 Å². The van der Waals surface area contributed by atoms with Crippen molar-refractivity contribution in [1.82, 2.24) is 9.78 Å². The lowest BCUT2D eigenvalue weighted by Gasteiger charge is -2.18. The van der Waals surface area contributed by atoms with Crippen molar-refractivity contribution in [2.24, 2.45) is 5.92 Å². The molecular formula is C23H33BrN2O2. The van der Waals surface area contributed by atoms with Crippen molar-refractivity contribution in [1.29, 1.82) is 0 Å². The van der Waals surface area contributed by atoms with Crippen LogP contribution in [0.1, 0.15) is 76.8 Å². The third-order valence-electron chi connectivity index (χ3n) is 5.16. The lowest BCUT2D eigenvalue weighted by atomic mass is 10.1. The fraction of sp³-hybridized carbons (Fsp3) is 0.565. The number of aryl methyl sites for hydroxylation is 1. The van der Waals surface area contributed by atoms with Crippen LogP contribution in [0.4, 0.5) is 0 Å². The van der Waals surface area contributed by atoms with Crippen LogP contribution in [-0.2, 0) is 17.8 Å². The van der Waals surface area contributed by atoms with Gasteiger partial charge in [0.2, 0.25) is 0 Å². The monoisotopic (exact) mass is 448 g/mol. The maximum atomic E-state index is 11.3. The Balaban J connectivity index is 2.25. The average molecular weight is 449 g/mol. The van der Waals surface area contributed by atoms with Gasteiger partial charge in [-0.2, -0.15) is 5.10 Å². The number of aromatic nitrogens is 2. The topological polar surface area (TPSA) is 44.1 Å². The maximum absolute atomic E-state index is 11.3. The molecule has 0 radical (unpaired) electrons. The van der Waals surface area contributed by atoms with Gasteiger partial charge < -0.3 is 9.53 Å². The van der Waals surface area contributed by atoms with E-state index >= 15 is 0 Å². The number of carbonyl (C=O) groups excluding carboxylic acids is 1. The normalized spacial score (nSPS) is 11.4. The van der Waals surface area contributed by atoms with Crippen molar-refractivity contribution < 1.29 is 9.53 Å². The summed E-state index contributed by atoms with van der Waals surface area (Å²) in [6.07, 6.45) is 3.48. The number of ketones is 1. The van der Waals surface area contributed by atoms with Crippen molar-refractivity contribution in [3.63, 3.8) is 0 Å². The Hall–Kier alpha value is -1.62. The molecule has 0 saturated heterocycles. The van der Waals surface area contributed by atoms with Crippen LogP contribution >= 0.6 is 15.9 Å². The first kappa shape index (κ1) is 22.7. The summed E-state index contributed by atoms with van der Waals surface area (Å²) in [6, 6.07) is 8.31. The first-order valence-electron chi connectivity index (χ1n) is 10.3. The largest absolute Gasteiger partial charge is 0.493 e. The first-order chi connectivity index (χ1) is 13.3.